The first-order valence-corrected chi connectivity index (χ1v) is 15.6. The summed E-state index contributed by atoms with van der Waals surface area (Å²) in [6, 6.07) is 0.163. The van der Waals surface area contributed by atoms with Crippen LogP contribution in [0.5, 0.6) is 0 Å². The summed E-state index contributed by atoms with van der Waals surface area (Å²) in [5.41, 5.74) is 3.39. The molecule has 0 unspecified atom stereocenters. The molecule has 0 aromatic rings. The number of carbonyl (C=O) groups is 1. The Morgan fingerprint density at radius 3 is 2.35 bits per heavy atom. The number of hydrogen-bond acceptors (Lipinski definition) is 3. The van der Waals surface area contributed by atoms with Crippen LogP contribution >= 0.6 is 0 Å². The lowest BCUT2D eigenvalue weighted by Gasteiger charge is -2.57. The zero-order chi connectivity index (χ0) is 27.2. The highest BCUT2D eigenvalue weighted by atomic mass is 16.3. The van der Waals surface area contributed by atoms with E-state index < -0.39 is 5.41 Å². The second kappa shape index (κ2) is 11.0. The lowest BCUT2D eigenvalue weighted by Crippen LogP contribution is -2.53. The van der Waals surface area contributed by atoms with Crippen LogP contribution in [-0.2, 0) is 4.79 Å². The highest BCUT2D eigenvalue weighted by Crippen LogP contribution is 2.66. The molecule has 0 bridgehead atoms. The average Bonchev–Trinajstić information content (AvgIpc) is 3.23. The predicted octanol–water partition coefficient (Wildman–Crippen LogP) is 6.89. The summed E-state index contributed by atoms with van der Waals surface area (Å²) < 4.78 is 0. The highest BCUT2D eigenvalue weighted by Gasteiger charge is 2.56. The van der Waals surface area contributed by atoms with Gasteiger partial charge in [-0.15, -0.1) is 0 Å². The number of rotatable bonds is 9. The molecule has 4 heteroatoms. The van der Waals surface area contributed by atoms with Gasteiger partial charge in [0, 0.05) is 6.04 Å². The Morgan fingerprint density at radius 1 is 1.00 bits per heavy atom. The van der Waals surface area contributed by atoms with Gasteiger partial charge in [0.25, 0.3) is 0 Å². The minimum atomic E-state index is -1.10. The summed E-state index contributed by atoms with van der Waals surface area (Å²) in [6.07, 6.45) is 13.9. The minimum absolute atomic E-state index is 0.163. The third-order valence-electron chi connectivity index (χ3n) is 12.5. The fraction of sp³-hybridized carbons (Fsp3) is 0.909. The van der Waals surface area contributed by atoms with Crippen molar-refractivity contribution in [2.45, 2.75) is 125 Å². The molecule has 0 heterocycles. The van der Waals surface area contributed by atoms with Crippen LogP contribution in [-0.4, -0.2) is 35.4 Å². The maximum atomic E-state index is 12.8. The Kier molecular flexibility index (Phi) is 8.62. The Morgan fingerprint density at radius 2 is 1.70 bits per heavy atom. The number of fused-ring (bicyclic) bond motifs is 4. The molecule has 4 aliphatic rings. The Bertz CT molecular complexity index is 860. The summed E-state index contributed by atoms with van der Waals surface area (Å²) in [5, 5.41) is 22.5. The molecular weight excluding hydrogens is 458 g/mol. The van der Waals surface area contributed by atoms with Crippen LogP contribution in [0, 0.1) is 51.8 Å². The molecule has 0 radical (unpaired) electrons. The maximum absolute atomic E-state index is 12.8. The molecule has 37 heavy (non-hydrogen) atoms. The van der Waals surface area contributed by atoms with E-state index in [9.17, 15) is 15.0 Å². The van der Waals surface area contributed by atoms with Gasteiger partial charge in [-0.1, -0.05) is 65.5 Å². The normalized spacial score (nSPS) is 37.6. The van der Waals surface area contributed by atoms with Crippen LogP contribution in [0.1, 0.15) is 119 Å². The van der Waals surface area contributed by atoms with Crippen molar-refractivity contribution >= 4 is 5.91 Å². The van der Waals surface area contributed by atoms with Gasteiger partial charge in [-0.2, -0.15) is 0 Å². The fourth-order valence-electron chi connectivity index (χ4n) is 9.19. The van der Waals surface area contributed by atoms with Gasteiger partial charge in [-0.3, -0.25) is 4.79 Å². The van der Waals surface area contributed by atoms with Gasteiger partial charge in [0.2, 0.25) is 5.91 Å². The largest absolute Gasteiger partial charge is 0.395 e. The molecule has 4 rings (SSSR count). The van der Waals surface area contributed by atoms with Crippen molar-refractivity contribution in [1.82, 2.24) is 5.32 Å². The van der Waals surface area contributed by atoms with Gasteiger partial charge in [0.15, 0.2) is 0 Å². The number of amides is 1. The van der Waals surface area contributed by atoms with Crippen molar-refractivity contribution in [1.29, 1.82) is 0 Å². The van der Waals surface area contributed by atoms with E-state index in [0.29, 0.717) is 16.7 Å². The Hall–Kier alpha value is -0.870. The standard InChI is InChI=1S/C33H57NO3/c1-21(2)22(3)8-9-23(4)27-12-13-28-26-11-10-24-18-25(34-30(37)31(5,19-35)20-36)14-16-32(24,6)29(26)15-17-33(27,28)7/h21-25,27,29,35-36H,8-20H2,1-7H3,(H,34,37)/t22-,23+,24-,25-,27+,29-,32-,33+/m0/s1. The number of aliphatic hydroxyl groups excluding tert-OH is 2. The number of hydrogen-bond donors (Lipinski definition) is 3. The summed E-state index contributed by atoms with van der Waals surface area (Å²) in [4.78, 5) is 12.8. The Labute approximate surface area is 227 Å². The van der Waals surface area contributed by atoms with Crippen LogP contribution in [0.4, 0.5) is 0 Å². The number of carbonyl (C=O) groups excluding carboxylic acids is 1. The van der Waals surface area contributed by atoms with E-state index in [0.717, 1.165) is 42.4 Å². The molecule has 8 atom stereocenters. The monoisotopic (exact) mass is 515 g/mol. The van der Waals surface area contributed by atoms with Crippen LogP contribution in [0.25, 0.3) is 0 Å². The SMILES string of the molecule is CC(C)[C@@H](C)CC[C@@H](C)[C@H]1CCC2=C3CC[C@H]4C[C@@H](NC(=O)C(C)(CO)CO)CC[C@]4(C)[C@H]3CC[C@@]21C. The average molecular weight is 516 g/mol. The molecule has 4 aliphatic carbocycles. The van der Waals surface area contributed by atoms with Crippen molar-refractivity contribution in [3.8, 4) is 0 Å². The molecule has 1 amide bonds. The first-order chi connectivity index (χ1) is 17.4. The molecule has 0 aliphatic heterocycles. The van der Waals surface area contributed by atoms with Gasteiger partial charge in [0.1, 0.15) is 0 Å². The van der Waals surface area contributed by atoms with Gasteiger partial charge >= 0.3 is 0 Å². The first-order valence-electron chi connectivity index (χ1n) is 15.6. The molecule has 3 fully saturated rings. The van der Waals surface area contributed by atoms with E-state index in [4.69, 9.17) is 0 Å². The fourth-order valence-corrected chi connectivity index (χ4v) is 9.19. The summed E-state index contributed by atoms with van der Waals surface area (Å²) in [6.45, 7) is 15.9. The lowest BCUT2D eigenvalue weighted by molar-refractivity contribution is -0.136. The van der Waals surface area contributed by atoms with Crippen molar-refractivity contribution < 1.29 is 15.0 Å². The molecule has 0 aromatic heterocycles. The first kappa shape index (κ1) is 29.1. The van der Waals surface area contributed by atoms with E-state index >= 15 is 0 Å². The summed E-state index contributed by atoms with van der Waals surface area (Å²) >= 11 is 0. The van der Waals surface area contributed by atoms with E-state index in [1.807, 2.05) is 11.1 Å². The van der Waals surface area contributed by atoms with Crippen molar-refractivity contribution in [2.24, 2.45) is 51.8 Å². The van der Waals surface area contributed by atoms with E-state index in [-0.39, 0.29) is 25.2 Å². The zero-order valence-corrected chi connectivity index (χ0v) is 25.0. The molecule has 3 N–H and O–H groups in total. The topological polar surface area (TPSA) is 69.6 Å². The lowest BCUT2D eigenvalue weighted by atomic mass is 9.48. The van der Waals surface area contributed by atoms with Crippen molar-refractivity contribution in [2.75, 3.05) is 13.2 Å². The molecule has 212 valence electrons. The van der Waals surface area contributed by atoms with E-state index in [1.165, 1.54) is 57.8 Å². The van der Waals surface area contributed by atoms with E-state index in [1.54, 1.807) is 6.92 Å². The highest BCUT2D eigenvalue weighted by molar-refractivity contribution is 5.82. The Balaban J connectivity index is 1.45. The van der Waals surface area contributed by atoms with Crippen LogP contribution in [0.3, 0.4) is 0 Å². The van der Waals surface area contributed by atoms with E-state index in [2.05, 4.69) is 46.9 Å². The molecular formula is C33H57NO3. The maximum Gasteiger partial charge on any atom is 0.230 e. The van der Waals surface area contributed by atoms with Gasteiger partial charge in [-0.05, 0) is 111 Å². The second-order valence-corrected chi connectivity index (χ2v) is 15.0. The summed E-state index contributed by atoms with van der Waals surface area (Å²) in [5.74, 6) is 4.44. The van der Waals surface area contributed by atoms with Gasteiger partial charge < -0.3 is 15.5 Å². The molecule has 3 saturated carbocycles. The van der Waals surface area contributed by atoms with Crippen molar-refractivity contribution in [3.05, 3.63) is 11.1 Å². The molecule has 0 saturated heterocycles. The minimum Gasteiger partial charge on any atom is -0.395 e. The number of nitrogens with one attached hydrogen (secondary N) is 1. The quantitative estimate of drug-likeness (QED) is 0.293. The second-order valence-electron chi connectivity index (χ2n) is 15.0. The number of aliphatic hydroxyl groups is 2. The zero-order valence-electron chi connectivity index (χ0n) is 25.0. The van der Waals surface area contributed by atoms with Gasteiger partial charge in [-0.25, -0.2) is 0 Å². The van der Waals surface area contributed by atoms with Gasteiger partial charge in [0.05, 0.1) is 18.6 Å². The van der Waals surface area contributed by atoms with Crippen molar-refractivity contribution in [3.63, 3.8) is 0 Å². The molecule has 0 aromatic carbocycles. The number of allylic oxidation sites excluding steroid dienone is 2. The van der Waals surface area contributed by atoms with Crippen LogP contribution < -0.4 is 5.32 Å². The third kappa shape index (κ3) is 5.20. The third-order valence-corrected chi connectivity index (χ3v) is 12.5. The summed E-state index contributed by atoms with van der Waals surface area (Å²) in [7, 11) is 0. The predicted molar refractivity (Wildman–Crippen MR) is 152 cm³/mol. The molecule has 4 nitrogen and oxygen atoms in total. The molecule has 0 spiro atoms. The smallest absolute Gasteiger partial charge is 0.230 e. The van der Waals surface area contributed by atoms with Crippen LogP contribution in [0.2, 0.25) is 0 Å². The van der Waals surface area contributed by atoms with Crippen LogP contribution in [0.15, 0.2) is 11.1 Å².